The maximum absolute atomic E-state index is 13.3. The van der Waals surface area contributed by atoms with Gasteiger partial charge < -0.3 is 14.0 Å². The molecule has 0 N–H and O–H groups in total. The Morgan fingerprint density at radius 3 is 2.71 bits per heavy atom. The van der Waals surface area contributed by atoms with Gasteiger partial charge in [0.25, 0.3) is 5.56 Å². The molecular weight excluding hydrogens is 394 g/mol. The third-order valence-corrected chi connectivity index (χ3v) is 6.47. The van der Waals surface area contributed by atoms with E-state index in [1.807, 2.05) is 47.9 Å². The van der Waals surface area contributed by atoms with Crippen LogP contribution >= 0.6 is 0 Å². The molecule has 2 aliphatic rings. The Kier molecular flexibility index (Phi) is 4.88. The quantitative estimate of drug-likeness (QED) is 0.596. The molecule has 3 aromatic rings. The lowest BCUT2D eigenvalue weighted by molar-refractivity contribution is 0.273. The van der Waals surface area contributed by atoms with E-state index in [0.717, 1.165) is 54.9 Å². The number of hydrogen-bond acceptors (Lipinski definition) is 7. The molecule has 3 aromatic heterocycles. The summed E-state index contributed by atoms with van der Waals surface area (Å²) >= 11 is 0. The summed E-state index contributed by atoms with van der Waals surface area (Å²) in [6, 6.07) is 4.16. The van der Waals surface area contributed by atoms with E-state index in [-0.39, 0.29) is 5.56 Å². The molecule has 2 bridgehead atoms. The third-order valence-electron chi connectivity index (χ3n) is 6.47. The summed E-state index contributed by atoms with van der Waals surface area (Å²) in [6.07, 6.45) is 2.82. The first-order valence-electron chi connectivity index (χ1n) is 10.8. The fraction of sp³-hybridized carbons (Fsp3) is 0.571. The Morgan fingerprint density at radius 2 is 2.00 bits per heavy atom. The van der Waals surface area contributed by atoms with Crippen LogP contribution in [0.3, 0.4) is 0 Å². The van der Waals surface area contributed by atoms with Crippen LogP contribution in [0.25, 0.3) is 0 Å². The summed E-state index contributed by atoms with van der Waals surface area (Å²) in [7, 11) is 5.89. The van der Waals surface area contributed by atoms with Gasteiger partial charge in [-0.3, -0.25) is 9.69 Å². The van der Waals surface area contributed by atoms with Crippen LogP contribution in [0.5, 0.6) is 0 Å². The summed E-state index contributed by atoms with van der Waals surface area (Å²) in [5.41, 5.74) is 2.11. The van der Waals surface area contributed by atoms with Crippen LogP contribution in [0.2, 0.25) is 0 Å². The van der Waals surface area contributed by atoms with Crippen molar-refractivity contribution in [3.63, 3.8) is 0 Å². The summed E-state index contributed by atoms with van der Waals surface area (Å²) in [5.74, 6) is 3.37. The molecule has 2 atom stereocenters. The topological polar surface area (TPSA) is 89.9 Å². The number of nitrogens with zero attached hydrogens (tertiary/aromatic N) is 9. The van der Waals surface area contributed by atoms with Crippen molar-refractivity contribution in [1.82, 2.24) is 39.0 Å². The van der Waals surface area contributed by atoms with Gasteiger partial charge in [0.05, 0.1) is 6.54 Å². The Balaban J connectivity index is 1.36. The van der Waals surface area contributed by atoms with E-state index in [0.29, 0.717) is 24.9 Å². The third kappa shape index (κ3) is 3.65. The van der Waals surface area contributed by atoms with E-state index in [4.69, 9.17) is 0 Å². The van der Waals surface area contributed by atoms with E-state index in [1.54, 1.807) is 6.33 Å². The van der Waals surface area contributed by atoms with Crippen LogP contribution in [0.4, 0.5) is 5.95 Å². The maximum atomic E-state index is 13.3. The number of fused-ring (bicyclic) bond motifs is 4. The highest BCUT2D eigenvalue weighted by Crippen LogP contribution is 2.36. The van der Waals surface area contributed by atoms with Crippen molar-refractivity contribution in [2.24, 2.45) is 20.0 Å². The predicted molar refractivity (Wildman–Crippen MR) is 116 cm³/mol. The number of piperidine rings is 1. The van der Waals surface area contributed by atoms with Crippen LogP contribution < -0.4 is 10.5 Å². The van der Waals surface area contributed by atoms with Crippen molar-refractivity contribution in [2.75, 3.05) is 25.0 Å². The minimum absolute atomic E-state index is 0.139. The zero-order chi connectivity index (χ0) is 21.7. The number of aromatic nitrogens is 7. The maximum Gasteiger partial charge on any atom is 0.255 e. The van der Waals surface area contributed by atoms with E-state index >= 15 is 0 Å². The van der Waals surface area contributed by atoms with E-state index < -0.39 is 0 Å². The van der Waals surface area contributed by atoms with Gasteiger partial charge in [0, 0.05) is 57.4 Å². The Labute approximate surface area is 181 Å². The highest BCUT2D eigenvalue weighted by Gasteiger charge is 2.36. The molecule has 5 rings (SSSR count). The molecule has 0 aromatic carbocycles. The molecule has 0 amide bonds. The lowest BCUT2D eigenvalue weighted by atomic mass is 9.83. The number of hydrogen-bond donors (Lipinski definition) is 0. The van der Waals surface area contributed by atoms with Gasteiger partial charge in [0.2, 0.25) is 5.95 Å². The molecule has 2 aliphatic heterocycles. The molecule has 164 valence electrons. The number of pyridine rings is 1. The number of aryl methyl sites for hydroxylation is 3. The zero-order valence-electron chi connectivity index (χ0n) is 18.6. The molecule has 0 aliphatic carbocycles. The lowest BCUT2D eigenvalue weighted by Crippen LogP contribution is -2.48. The monoisotopic (exact) mass is 423 g/mol. The molecule has 0 radical (unpaired) electrons. The summed E-state index contributed by atoms with van der Waals surface area (Å²) in [6.45, 7) is 5.70. The standard InChI is InChI=1S/C21H29N9O/c1-14-23-21(28(4)25-14)29-8-15-7-17(11-29)18-6-5-16(20(31)30(18)9-15)10-26(2)12-19-24-22-13-27(19)3/h5-6,13,15,17H,7-12H2,1-4H3/t15-,17+/m0/s1. The number of rotatable bonds is 5. The average molecular weight is 424 g/mol. The van der Waals surface area contributed by atoms with Crippen LogP contribution in [0.15, 0.2) is 23.3 Å². The molecule has 0 unspecified atom stereocenters. The van der Waals surface area contributed by atoms with Crippen LogP contribution in [0.1, 0.15) is 35.2 Å². The van der Waals surface area contributed by atoms with Gasteiger partial charge in [0.1, 0.15) is 18.0 Å². The molecule has 5 heterocycles. The smallest absolute Gasteiger partial charge is 0.255 e. The van der Waals surface area contributed by atoms with Crippen molar-refractivity contribution in [1.29, 1.82) is 0 Å². The molecule has 31 heavy (non-hydrogen) atoms. The summed E-state index contributed by atoms with van der Waals surface area (Å²) in [4.78, 5) is 22.4. The average Bonchev–Trinajstić information content (AvgIpc) is 3.28. The molecule has 10 nitrogen and oxygen atoms in total. The van der Waals surface area contributed by atoms with Crippen molar-refractivity contribution in [3.05, 3.63) is 51.7 Å². The van der Waals surface area contributed by atoms with Crippen molar-refractivity contribution < 1.29 is 0 Å². The van der Waals surface area contributed by atoms with Gasteiger partial charge in [0.15, 0.2) is 0 Å². The van der Waals surface area contributed by atoms with Gasteiger partial charge in [-0.1, -0.05) is 6.07 Å². The molecular formula is C21H29N9O. The first-order chi connectivity index (χ1) is 14.9. The van der Waals surface area contributed by atoms with Gasteiger partial charge in [-0.25, -0.2) is 4.68 Å². The fourth-order valence-corrected chi connectivity index (χ4v) is 5.09. The lowest BCUT2D eigenvalue weighted by Gasteiger charge is -2.43. The van der Waals surface area contributed by atoms with E-state index in [2.05, 4.69) is 36.1 Å². The first kappa shape index (κ1) is 19.9. The Bertz CT molecular complexity index is 1160. The minimum Gasteiger partial charge on any atom is -0.340 e. The predicted octanol–water partition coefficient (Wildman–Crippen LogP) is 0.669. The zero-order valence-corrected chi connectivity index (χ0v) is 18.6. The van der Waals surface area contributed by atoms with Gasteiger partial charge >= 0.3 is 0 Å². The Hall–Kier alpha value is -3.01. The van der Waals surface area contributed by atoms with E-state index in [9.17, 15) is 4.79 Å². The fourth-order valence-electron chi connectivity index (χ4n) is 5.09. The Morgan fingerprint density at radius 1 is 1.16 bits per heavy atom. The summed E-state index contributed by atoms with van der Waals surface area (Å²) < 4.78 is 5.78. The largest absolute Gasteiger partial charge is 0.340 e. The van der Waals surface area contributed by atoms with Gasteiger partial charge in [-0.05, 0) is 32.4 Å². The van der Waals surface area contributed by atoms with Crippen LogP contribution in [-0.4, -0.2) is 59.1 Å². The second kappa shape index (κ2) is 7.60. The molecule has 1 saturated heterocycles. The van der Waals surface area contributed by atoms with Gasteiger partial charge in [-0.15, -0.1) is 10.2 Å². The highest BCUT2D eigenvalue weighted by molar-refractivity contribution is 5.35. The normalized spacial score (nSPS) is 20.4. The second-order valence-corrected chi connectivity index (χ2v) is 9.02. The molecule has 0 spiro atoms. The van der Waals surface area contributed by atoms with Crippen LogP contribution in [0, 0.1) is 12.8 Å². The molecule has 10 heteroatoms. The van der Waals surface area contributed by atoms with Gasteiger partial charge in [-0.2, -0.15) is 10.1 Å². The molecule has 1 fully saturated rings. The van der Waals surface area contributed by atoms with Crippen molar-refractivity contribution in [2.45, 2.75) is 38.9 Å². The highest BCUT2D eigenvalue weighted by atomic mass is 16.1. The molecule has 0 saturated carbocycles. The SMILES string of the molecule is Cc1nc(N2C[C@@H]3C[C@H](C2)c2ccc(CN(C)Cc4nncn4C)c(=O)n2C3)n(C)n1. The van der Waals surface area contributed by atoms with Crippen LogP contribution in [-0.2, 0) is 33.7 Å². The first-order valence-corrected chi connectivity index (χ1v) is 10.8. The minimum atomic E-state index is 0.139. The van der Waals surface area contributed by atoms with E-state index in [1.165, 1.54) is 0 Å². The van der Waals surface area contributed by atoms with Crippen molar-refractivity contribution in [3.8, 4) is 0 Å². The number of anilines is 1. The summed E-state index contributed by atoms with van der Waals surface area (Å²) in [5, 5.41) is 12.5. The second-order valence-electron chi connectivity index (χ2n) is 9.02. The van der Waals surface area contributed by atoms with Crippen molar-refractivity contribution >= 4 is 5.95 Å².